The number of carbonyl (C=O) groups excluding carboxylic acids is 1. The summed E-state index contributed by atoms with van der Waals surface area (Å²) in [6, 6.07) is 24.4. The molecule has 1 atom stereocenters. The topological polar surface area (TPSA) is 84.5 Å². The number of fused-ring (bicyclic) bond motifs is 1. The van der Waals surface area contributed by atoms with Crippen LogP contribution in [-0.2, 0) is 10.0 Å². The number of benzene rings is 4. The summed E-state index contributed by atoms with van der Waals surface area (Å²) in [4.78, 5) is 13.0. The average molecular weight is 475 g/mol. The Hall–Kier alpha value is -3.68. The van der Waals surface area contributed by atoms with Crippen LogP contribution < -0.4 is 14.8 Å². The highest BCUT2D eigenvalue weighted by Gasteiger charge is 2.23. The van der Waals surface area contributed by atoms with Crippen molar-refractivity contribution in [2.75, 3.05) is 12.4 Å². The van der Waals surface area contributed by atoms with Crippen LogP contribution >= 0.6 is 0 Å². The minimum Gasteiger partial charge on any atom is -0.496 e. The molecule has 2 N–H and O–H groups in total. The molecule has 1 unspecified atom stereocenters. The maximum atomic E-state index is 13.4. The van der Waals surface area contributed by atoms with Gasteiger partial charge in [-0.15, -0.1) is 0 Å². The number of nitrogens with one attached hydrogen (secondary N) is 2. The van der Waals surface area contributed by atoms with Gasteiger partial charge in [-0.2, -0.15) is 0 Å². The van der Waals surface area contributed by atoms with Crippen molar-refractivity contribution in [2.24, 2.45) is 0 Å². The second-order valence-electron chi connectivity index (χ2n) is 8.01. The molecule has 1 amide bonds. The van der Waals surface area contributed by atoms with Gasteiger partial charge in [0.25, 0.3) is 5.91 Å². The smallest absolute Gasteiger partial charge is 0.255 e. The number of carbonyl (C=O) groups is 1. The van der Waals surface area contributed by atoms with Gasteiger partial charge in [0, 0.05) is 33.6 Å². The number of aryl methyl sites for hydroxylation is 1. The number of ether oxygens (including phenoxy) is 1. The van der Waals surface area contributed by atoms with E-state index in [0.717, 1.165) is 11.1 Å². The first-order chi connectivity index (χ1) is 16.3. The molecule has 0 aromatic heterocycles. The van der Waals surface area contributed by atoms with E-state index in [1.54, 1.807) is 50.4 Å². The molecule has 0 saturated heterocycles. The normalized spacial score (nSPS) is 12.3. The summed E-state index contributed by atoms with van der Waals surface area (Å²) in [5.74, 6) is 0.360. The molecule has 6 nitrogen and oxygen atoms in total. The van der Waals surface area contributed by atoms with Crippen LogP contribution in [0.1, 0.15) is 34.5 Å². The number of anilines is 1. The summed E-state index contributed by atoms with van der Waals surface area (Å²) in [6.45, 7) is 3.64. The van der Waals surface area contributed by atoms with E-state index < -0.39 is 16.1 Å². The Balaban J connectivity index is 1.69. The van der Waals surface area contributed by atoms with Gasteiger partial charge in [0.15, 0.2) is 0 Å². The number of hydrogen-bond donors (Lipinski definition) is 2. The lowest BCUT2D eigenvalue weighted by Crippen LogP contribution is -2.27. The van der Waals surface area contributed by atoms with E-state index in [9.17, 15) is 13.2 Å². The summed E-state index contributed by atoms with van der Waals surface area (Å²) < 4.78 is 34.9. The average Bonchev–Trinajstić information content (AvgIpc) is 2.84. The van der Waals surface area contributed by atoms with Crippen molar-refractivity contribution >= 4 is 32.4 Å². The van der Waals surface area contributed by atoms with E-state index in [1.807, 2.05) is 49.4 Å². The third-order valence-electron chi connectivity index (χ3n) is 5.75. The fourth-order valence-corrected chi connectivity index (χ4v) is 5.45. The van der Waals surface area contributed by atoms with Gasteiger partial charge in [-0.3, -0.25) is 4.79 Å². The van der Waals surface area contributed by atoms with Gasteiger partial charge in [-0.05, 0) is 43.7 Å². The largest absolute Gasteiger partial charge is 0.496 e. The molecular formula is C27H26N2O4S. The van der Waals surface area contributed by atoms with E-state index >= 15 is 0 Å². The SMILES string of the molecule is COc1ccccc1C(C)NS(=O)(=O)c1ccc(NC(=O)c2ccccc2C)c2ccccc12. The van der Waals surface area contributed by atoms with Crippen LogP contribution in [0, 0.1) is 6.92 Å². The van der Waals surface area contributed by atoms with Crippen molar-refractivity contribution in [2.45, 2.75) is 24.8 Å². The highest BCUT2D eigenvalue weighted by Crippen LogP contribution is 2.32. The van der Waals surface area contributed by atoms with Gasteiger partial charge in [-0.25, -0.2) is 13.1 Å². The molecule has 0 aliphatic rings. The summed E-state index contributed by atoms with van der Waals surface area (Å²) in [5.41, 5.74) is 2.70. The first-order valence-corrected chi connectivity index (χ1v) is 12.3. The van der Waals surface area contributed by atoms with Crippen molar-refractivity contribution in [1.29, 1.82) is 0 Å². The first kappa shape index (κ1) is 23.5. The molecule has 0 saturated carbocycles. The maximum Gasteiger partial charge on any atom is 0.255 e. The Morgan fingerprint density at radius 1 is 0.853 bits per heavy atom. The number of sulfonamides is 1. The van der Waals surface area contributed by atoms with Crippen LogP contribution in [0.3, 0.4) is 0 Å². The van der Waals surface area contributed by atoms with Gasteiger partial charge in [0.05, 0.1) is 12.0 Å². The van der Waals surface area contributed by atoms with E-state index in [-0.39, 0.29) is 10.8 Å². The lowest BCUT2D eigenvalue weighted by molar-refractivity contribution is 0.102. The summed E-state index contributed by atoms with van der Waals surface area (Å²) in [5, 5.41) is 4.09. The molecule has 4 aromatic carbocycles. The number of methoxy groups -OCH3 is 1. The Kier molecular flexibility index (Phi) is 6.68. The predicted molar refractivity (Wildman–Crippen MR) is 135 cm³/mol. The Morgan fingerprint density at radius 2 is 1.50 bits per heavy atom. The van der Waals surface area contributed by atoms with Crippen molar-refractivity contribution in [1.82, 2.24) is 4.72 Å². The second-order valence-corrected chi connectivity index (χ2v) is 9.69. The van der Waals surface area contributed by atoms with Crippen LogP contribution in [0.4, 0.5) is 5.69 Å². The lowest BCUT2D eigenvalue weighted by atomic mass is 10.1. The second kappa shape index (κ2) is 9.67. The molecule has 0 radical (unpaired) electrons. The number of para-hydroxylation sites is 1. The first-order valence-electron chi connectivity index (χ1n) is 10.9. The molecule has 0 heterocycles. The molecule has 34 heavy (non-hydrogen) atoms. The van der Waals surface area contributed by atoms with Gasteiger partial charge in [0.2, 0.25) is 10.0 Å². The van der Waals surface area contributed by atoms with E-state index in [0.29, 0.717) is 27.8 Å². The van der Waals surface area contributed by atoms with Gasteiger partial charge in [-0.1, -0.05) is 60.7 Å². The van der Waals surface area contributed by atoms with E-state index in [2.05, 4.69) is 10.0 Å². The molecule has 4 rings (SSSR count). The Morgan fingerprint density at radius 3 is 2.24 bits per heavy atom. The number of amides is 1. The van der Waals surface area contributed by atoms with Crippen LogP contribution in [0.2, 0.25) is 0 Å². The van der Waals surface area contributed by atoms with Gasteiger partial charge >= 0.3 is 0 Å². The lowest BCUT2D eigenvalue weighted by Gasteiger charge is -2.19. The van der Waals surface area contributed by atoms with Crippen molar-refractivity contribution in [3.8, 4) is 5.75 Å². The minimum absolute atomic E-state index is 0.138. The summed E-state index contributed by atoms with van der Waals surface area (Å²) >= 11 is 0. The van der Waals surface area contributed by atoms with E-state index in [4.69, 9.17) is 4.74 Å². The Labute approximate surface area is 199 Å². The highest BCUT2D eigenvalue weighted by atomic mass is 32.2. The highest BCUT2D eigenvalue weighted by molar-refractivity contribution is 7.89. The van der Waals surface area contributed by atoms with Crippen LogP contribution in [0.5, 0.6) is 5.75 Å². The number of rotatable bonds is 7. The molecule has 0 bridgehead atoms. The zero-order chi connectivity index (χ0) is 24.3. The molecule has 0 fully saturated rings. The molecule has 4 aromatic rings. The molecule has 0 aliphatic heterocycles. The monoisotopic (exact) mass is 474 g/mol. The zero-order valence-electron chi connectivity index (χ0n) is 19.2. The van der Waals surface area contributed by atoms with E-state index in [1.165, 1.54) is 6.07 Å². The molecule has 174 valence electrons. The summed E-state index contributed by atoms with van der Waals surface area (Å²) in [6.07, 6.45) is 0. The standard InChI is InChI=1S/C27H26N2O4S/c1-18-10-4-5-11-20(18)27(30)28-24-16-17-26(23-14-7-6-13-22(23)24)34(31,32)29-19(2)21-12-8-9-15-25(21)33-3/h4-17,19,29H,1-3H3,(H,28,30). The fourth-order valence-electron chi connectivity index (χ4n) is 4.02. The zero-order valence-corrected chi connectivity index (χ0v) is 20.0. The minimum atomic E-state index is -3.88. The van der Waals surface area contributed by atoms with Gasteiger partial charge in [0.1, 0.15) is 5.75 Å². The van der Waals surface area contributed by atoms with Crippen LogP contribution in [-0.4, -0.2) is 21.4 Å². The maximum absolute atomic E-state index is 13.4. The molecule has 0 spiro atoms. The third-order valence-corrected chi connectivity index (χ3v) is 7.35. The molecule has 0 aliphatic carbocycles. The summed E-state index contributed by atoms with van der Waals surface area (Å²) in [7, 11) is -2.33. The molecular weight excluding hydrogens is 448 g/mol. The predicted octanol–water partition coefficient (Wildman–Crippen LogP) is 5.45. The van der Waals surface area contributed by atoms with Crippen molar-refractivity contribution in [3.63, 3.8) is 0 Å². The van der Waals surface area contributed by atoms with Crippen molar-refractivity contribution < 1.29 is 17.9 Å². The Bertz CT molecular complexity index is 1460. The van der Waals surface area contributed by atoms with Crippen molar-refractivity contribution in [3.05, 3.63) is 102 Å². The van der Waals surface area contributed by atoms with Crippen LogP contribution in [0.15, 0.2) is 89.8 Å². The third kappa shape index (κ3) is 4.66. The quantitative estimate of drug-likeness (QED) is 0.373. The number of hydrogen-bond acceptors (Lipinski definition) is 4. The fraction of sp³-hybridized carbons (Fsp3) is 0.148. The van der Waals surface area contributed by atoms with Crippen LogP contribution in [0.25, 0.3) is 10.8 Å². The molecule has 7 heteroatoms. The van der Waals surface area contributed by atoms with Gasteiger partial charge < -0.3 is 10.1 Å².